The highest BCUT2D eigenvalue weighted by Gasteiger charge is 2.21. The van der Waals surface area contributed by atoms with Gasteiger partial charge in [-0.1, -0.05) is 72.4 Å². The van der Waals surface area contributed by atoms with Gasteiger partial charge in [-0.15, -0.1) is 10.2 Å². The predicted molar refractivity (Wildman–Crippen MR) is 123 cm³/mol. The molecule has 1 unspecified atom stereocenters. The SMILES string of the molecule is C=C(Cl)CSc1nnc(C(Cc2ccccc2)NC(=O)/C=C/c2cccc(F)c2)n1C. The molecule has 0 aliphatic heterocycles. The number of nitrogens with one attached hydrogen (secondary N) is 1. The van der Waals surface area contributed by atoms with Gasteiger partial charge in [0, 0.05) is 23.9 Å². The number of halogens is 2. The van der Waals surface area contributed by atoms with Crippen LogP contribution >= 0.6 is 23.4 Å². The molecule has 0 fully saturated rings. The molecule has 0 bridgehead atoms. The van der Waals surface area contributed by atoms with Crippen LogP contribution in [0.1, 0.15) is 23.0 Å². The molecule has 0 radical (unpaired) electrons. The van der Waals surface area contributed by atoms with Gasteiger partial charge in [0.2, 0.25) is 5.91 Å². The summed E-state index contributed by atoms with van der Waals surface area (Å²) in [5, 5.41) is 12.7. The van der Waals surface area contributed by atoms with E-state index in [1.807, 2.05) is 41.9 Å². The van der Waals surface area contributed by atoms with E-state index in [1.165, 1.54) is 30.0 Å². The zero-order valence-corrected chi connectivity index (χ0v) is 18.5. The summed E-state index contributed by atoms with van der Waals surface area (Å²) in [5.41, 5.74) is 1.65. The number of nitrogens with zero attached hydrogens (tertiary/aromatic N) is 3. The molecule has 1 amide bonds. The Bertz CT molecular complexity index is 1080. The maximum atomic E-state index is 13.4. The van der Waals surface area contributed by atoms with Crippen molar-refractivity contribution in [2.45, 2.75) is 17.6 Å². The van der Waals surface area contributed by atoms with Crippen molar-refractivity contribution in [2.75, 3.05) is 5.75 Å². The molecule has 0 aliphatic carbocycles. The van der Waals surface area contributed by atoms with Crippen molar-refractivity contribution in [1.82, 2.24) is 20.1 Å². The third-order valence-corrected chi connectivity index (χ3v) is 5.81. The molecule has 1 atom stereocenters. The Balaban J connectivity index is 1.80. The minimum Gasteiger partial charge on any atom is -0.342 e. The molecule has 31 heavy (non-hydrogen) atoms. The number of carbonyl (C=O) groups is 1. The number of hydrogen-bond donors (Lipinski definition) is 1. The molecule has 8 heteroatoms. The number of rotatable bonds is 9. The third-order valence-electron chi connectivity index (χ3n) is 4.41. The van der Waals surface area contributed by atoms with Crippen LogP contribution in [0, 0.1) is 5.82 Å². The van der Waals surface area contributed by atoms with Gasteiger partial charge in [-0.2, -0.15) is 0 Å². The van der Waals surface area contributed by atoms with E-state index in [0.717, 1.165) is 5.56 Å². The van der Waals surface area contributed by atoms with Crippen molar-refractivity contribution in [3.05, 3.63) is 95.1 Å². The van der Waals surface area contributed by atoms with Crippen LogP contribution in [0.5, 0.6) is 0 Å². The summed E-state index contributed by atoms with van der Waals surface area (Å²) in [5.74, 6) is 0.475. The number of thioether (sulfide) groups is 1. The highest BCUT2D eigenvalue weighted by atomic mass is 35.5. The van der Waals surface area contributed by atoms with Crippen molar-refractivity contribution < 1.29 is 9.18 Å². The average Bonchev–Trinajstić information content (AvgIpc) is 3.11. The second-order valence-electron chi connectivity index (χ2n) is 6.84. The molecule has 0 spiro atoms. The van der Waals surface area contributed by atoms with Crippen molar-refractivity contribution in [2.24, 2.45) is 7.05 Å². The van der Waals surface area contributed by atoms with Gasteiger partial charge in [-0.05, 0) is 35.8 Å². The summed E-state index contributed by atoms with van der Waals surface area (Å²) in [4.78, 5) is 12.6. The Morgan fingerprint density at radius 1 is 1.26 bits per heavy atom. The lowest BCUT2D eigenvalue weighted by molar-refractivity contribution is -0.117. The van der Waals surface area contributed by atoms with Crippen LogP contribution in [0.2, 0.25) is 0 Å². The zero-order valence-electron chi connectivity index (χ0n) is 17.0. The first-order valence-corrected chi connectivity index (χ1v) is 10.9. The second-order valence-corrected chi connectivity index (χ2v) is 8.32. The maximum absolute atomic E-state index is 13.4. The van der Waals surface area contributed by atoms with Crippen LogP contribution < -0.4 is 5.32 Å². The molecular formula is C23H22ClFN4OS. The fourth-order valence-electron chi connectivity index (χ4n) is 2.96. The lowest BCUT2D eigenvalue weighted by Crippen LogP contribution is -2.30. The molecule has 1 N–H and O–H groups in total. The third kappa shape index (κ3) is 6.80. The molecule has 0 aliphatic rings. The van der Waals surface area contributed by atoms with E-state index < -0.39 is 6.04 Å². The first-order chi connectivity index (χ1) is 14.9. The number of hydrogen-bond acceptors (Lipinski definition) is 4. The van der Waals surface area contributed by atoms with Crippen molar-refractivity contribution in [3.8, 4) is 0 Å². The van der Waals surface area contributed by atoms with E-state index in [2.05, 4.69) is 22.1 Å². The summed E-state index contributed by atoms with van der Waals surface area (Å²) < 4.78 is 15.2. The van der Waals surface area contributed by atoms with Gasteiger partial charge in [0.1, 0.15) is 5.82 Å². The largest absolute Gasteiger partial charge is 0.342 e. The minimum atomic E-state index is -0.405. The van der Waals surface area contributed by atoms with E-state index in [-0.39, 0.29) is 11.7 Å². The zero-order chi connectivity index (χ0) is 22.2. The van der Waals surface area contributed by atoms with Crippen LogP contribution in [-0.2, 0) is 18.3 Å². The molecule has 160 valence electrons. The number of aromatic nitrogens is 3. The molecule has 1 heterocycles. The van der Waals surface area contributed by atoms with Crippen LogP contribution in [0.3, 0.4) is 0 Å². The van der Waals surface area contributed by atoms with Gasteiger partial charge >= 0.3 is 0 Å². The fraction of sp³-hybridized carbons (Fsp3) is 0.174. The van der Waals surface area contributed by atoms with E-state index >= 15 is 0 Å². The molecule has 3 rings (SSSR count). The summed E-state index contributed by atoms with van der Waals surface area (Å²) >= 11 is 7.28. The van der Waals surface area contributed by atoms with Crippen LogP contribution in [0.15, 0.2) is 77.4 Å². The molecule has 5 nitrogen and oxygen atoms in total. The van der Waals surface area contributed by atoms with E-state index in [4.69, 9.17) is 11.6 Å². The van der Waals surface area contributed by atoms with E-state index in [0.29, 0.717) is 33.8 Å². The van der Waals surface area contributed by atoms with Crippen LogP contribution in [0.4, 0.5) is 4.39 Å². The first kappa shape index (κ1) is 22.8. The predicted octanol–water partition coefficient (Wildman–Crippen LogP) is 4.91. The second kappa shape index (κ2) is 10.9. The van der Waals surface area contributed by atoms with Gasteiger partial charge in [0.05, 0.1) is 6.04 Å². The Hall–Kier alpha value is -2.90. The Morgan fingerprint density at radius 2 is 2.03 bits per heavy atom. The highest BCUT2D eigenvalue weighted by Crippen LogP contribution is 2.24. The Labute approximate surface area is 190 Å². The topological polar surface area (TPSA) is 59.8 Å². The lowest BCUT2D eigenvalue weighted by Gasteiger charge is -2.17. The number of carbonyl (C=O) groups excluding carboxylic acids is 1. The normalized spacial score (nSPS) is 12.1. The Morgan fingerprint density at radius 3 is 2.74 bits per heavy atom. The first-order valence-electron chi connectivity index (χ1n) is 9.56. The van der Waals surface area contributed by atoms with Gasteiger partial charge in [0.25, 0.3) is 0 Å². The average molecular weight is 457 g/mol. The quantitative estimate of drug-likeness (QED) is 0.367. The van der Waals surface area contributed by atoms with E-state index in [1.54, 1.807) is 18.2 Å². The number of benzene rings is 2. The van der Waals surface area contributed by atoms with Gasteiger partial charge in [-0.3, -0.25) is 4.79 Å². The van der Waals surface area contributed by atoms with Crippen molar-refractivity contribution >= 4 is 35.3 Å². The molecule has 0 saturated carbocycles. The molecule has 2 aromatic carbocycles. The summed E-state index contributed by atoms with van der Waals surface area (Å²) in [6.07, 6.45) is 3.50. The van der Waals surface area contributed by atoms with Crippen LogP contribution in [-0.4, -0.2) is 26.4 Å². The number of amides is 1. The van der Waals surface area contributed by atoms with Gasteiger partial charge in [-0.25, -0.2) is 4.39 Å². The van der Waals surface area contributed by atoms with E-state index in [9.17, 15) is 9.18 Å². The smallest absolute Gasteiger partial charge is 0.244 e. The molecule has 1 aromatic heterocycles. The van der Waals surface area contributed by atoms with Gasteiger partial charge < -0.3 is 9.88 Å². The minimum absolute atomic E-state index is 0.309. The monoisotopic (exact) mass is 456 g/mol. The summed E-state index contributed by atoms with van der Waals surface area (Å²) in [6.45, 7) is 3.69. The summed E-state index contributed by atoms with van der Waals surface area (Å²) in [7, 11) is 1.85. The maximum Gasteiger partial charge on any atom is 0.244 e. The molecular weight excluding hydrogens is 435 g/mol. The molecule has 3 aromatic rings. The van der Waals surface area contributed by atoms with Crippen LogP contribution in [0.25, 0.3) is 6.08 Å². The highest BCUT2D eigenvalue weighted by molar-refractivity contribution is 7.99. The lowest BCUT2D eigenvalue weighted by atomic mass is 10.1. The van der Waals surface area contributed by atoms with Gasteiger partial charge in [0.15, 0.2) is 11.0 Å². The fourth-order valence-corrected chi connectivity index (χ4v) is 3.79. The standard InChI is InChI=1S/C23H22ClFN4OS/c1-16(24)15-31-23-28-27-22(29(23)2)20(14-17-7-4-3-5-8-17)26-21(30)12-11-18-9-6-10-19(25)13-18/h3-13,20H,1,14-15H2,2H3,(H,26,30)/b12-11+. The summed E-state index contributed by atoms with van der Waals surface area (Å²) in [6, 6.07) is 15.5. The van der Waals surface area contributed by atoms with Crippen molar-refractivity contribution in [3.63, 3.8) is 0 Å². The molecule has 0 saturated heterocycles. The Kier molecular flexibility index (Phi) is 8.03. The van der Waals surface area contributed by atoms with Crippen molar-refractivity contribution in [1.29, 1.82) is 0 Å².